The minimum Gasteiger partial charge on any atom is -0.358 e. The Balaban J connectivity index is 0.000000334. The number of allylic oxidation sites excluding steroid dienone is 2. The fraction of sp³-hybridized carbons (Fsp3) is 0.345. The van der Waals surface area contributed by atoms with Gasteiger partial charge in [0.05, 0.1) is 5.02 Å². The first-order valence-electron chi connectivity index (χ1n) is 12.0. The lowest BCUT2D eigenvalue weighted by molar-refractivity contribution is 0.630. The number of benzene rings is 2. The predicted octanol–water partition coefficient (Wildman–Crippen LogP) is 10.6. The first kappa shape index (κ1) is 29.2. The van der Waals surface area contributed by atoms with Gasteiger partial charge in [-0.1, -0.05) is 87.1 Å². The normalized spacial score (nSPS) is 12.6. The number of hydrogen-bond donors (Lipinski definition) is 1. The lowest BCUT2D eigenvalue weighted by Crippen LogP contribution is -2.00. The topological polar surface area (TPSA) is 28.1 Å². The summed E-state index contributed by atoms with van der Waals surface area (Å²) in [4.78, 5) is 7.57. The van der Waals surface area contributed by atoms with Crippen LogP contribution in [0, 0.1) is 5.82 Å². The average molecular weight is 536 g/mol. The highest BCUT2D eigenvalue weighted by atomic mass is 35.5. The van der Waals surface area contributed by atoms with E-state index in [2.05, 4.69) is 37.3 Å². The molecule has 188 valence electrons. The first-order valence-corrected chi connectivity index (χ1v) is 13.1. The second-order valence-electron chi connectivity index (χ2n) is 8.58. The zero-order valence-corrected chi connectivity index (χ0v) is 23.2. The van der Waals surface area contributed by atoms with Crippen LogP contribution in [0.3, 0.4) is 0 Å². The Kier molecular flexibility index (Phi) is 12.1. The number of halogens is 4. The van der Waals surface area contributed by atoms with Gasteiger partial charge in [-0.05, 0) is 67.7 Å². The number of rotatable bonds is 9. The number of H-pyrrole nitrogens is 1. The summed E-state index contributed by atoms with van der Waals surface area (Å²) in [6.07, 6.45) is 8.68. The molecule has 0 aliphatic heterocycles. The van der Waals surface area contributed by atoms with Crippen molar-refractivity contribution >= 4 is 51.4 Å². The third kappa shape index (κ3) is 8.83. The molecule has 3 rings (SSSR count). The SMILES string of the molecule is C=C(Cl)/C=C\N=C(C)CCC.CCCCc1c(C(C)c2ccc(Cl)cc2)[nH]c2cc(F)c(Cl)cc12. The fourth-order valence-electron chi connectivity index (χ4n) is 3.85. The van der Waals surface area contributed by atoms with Gasteiger partial charge in [0.25, 0.3) is 0 Å². The number of fused-ring (bicyclic) bond motifs is 1. The molecule has 0 fully saturated rings. The van der Waals surface area contributed by atoms with E-state index in [1.165, 1.54) is 17.2 Å². The maximum Gasteiger partial charge on any atom is 0.143 e. The molecular weight excluding hydrogens is 502 g/mol. The van der Waals surface area contributed by atoms with Crippen molar-refractivity contribution in [2.75, 3.05) is 0 Å². The highest BCUT2D eigenvalue weighted by Gasteiger charge is 2.19. The molecule has 0 aliphatic rings. The van der Waals surface area contributed by atoms with Gasteiger partial charge in [-0.25, -0.2) is 4.39 Å². The van der Waals surface area contributed by atoms with Gasteiger partial charge in [0.2, 0.25) is 0 Å². The number of aromatic nitrogens is 1. The van der Waals surface area contributed by atoms with Gasteiger partial charge in [0, 0.05) is 44.5 Å². The Morgan fingerprint density at radius 3 is 2.43 bits per heavy atom. The van der Waals surface area contributed by atoms with Gasteiger partial charge in [-0.3, -0.25) is 4.99 Å². The lowest BCUT2D eigenvalue weighted by Gasteiger charge is -2.14. The molecule has 2 aromatic carbocycles. The van der Waals surface area contributed by atoms with Crippen LogP contribution in [0.1, 0.15) is 76.1 Å². The Morgan fingerprint density at radius 1 is 1.14 bits per heavy atom. The van der Waals surface area contributed by atoms with Crippen LogP contribution in [-0.4, -0.2) is 10.7 Å². The molecule has 2 nitrogen and oxygen atoms in total. The molecule has 1 heterocycles. The number of aliphatic imine (C=N–C) groups is 1. The molecule has 0 spiro atoms. The monoisotopic (exact) mass is 534 g/mol. The van der Waals surface area contributed by atoms with Gasteiger partial charge in [-0.2, -0.15) is 0 Å². The van der Waals surface area contributed by atoms with Gasteiger partial charge in [-0.15, -0.1) is 0 Å². The van der Waals surface area contributed by atoms with Crippen LogP contribution in [0.2, 0.25) is 10.0 Å². The summed E-state index contributed by atoms with van der Waals surface area (Å²) >= 11 is 17.5. The van der Waals surface area contributed by atoms with Crippen molar-refractivity contribution in [3.8, 4) is 0 Å². The summed E-state index contributed by atoms with van der Waals surface area (Å²) in [6.45, 7) is 12.0. The highest BCUT2D eigenvalue weighted by Crippen LogP contribution is 2.35. The minimum atomic E-state index is -0.391. The number of aryl methyl sites for hydroxylation is 1. The number of hydrogen-bond acceptors (Lipinski definition) is 1. The second-order valence-corrected chi connectivity index (χ2v) is 9.91. The van der Waals surface area contributed by atoms with E-state index in [1.54, 1.807) is 18.3 Å². The largest absolute Gasteiger partial charge is 0.358 e. The first-order chi connectivity index (χ1) is 16.7. The maximum absolute atomic E-state index is 13.8. The standard InChI is InChI=1S/C20H20Cl2FN.C9H14ClN/c1-3-4-5-15-16-10-17(22)18(23)11-19(16)24-20(15)12(2)13-6-8-14(21)9-7-13;1-4-5-9(3)11-7-6-8(2)10/h6-12,24H,3-5H2,1-2H3;6-7H,2,4-5H2,1,3H3/b;7-6-,11-9?. The van der Waals surface area contributed by atoms with Crippen LogP contribution in [0.5, 0.6) is 0 Å². The third-order valence-corrected chi connectivity index (χ3v) is 6.39. The molecule has 1 N–H and O–H groups in total. The molecule has 0 saturated carbocycles. The minimum absolute atomic E-state index is 0.170. The van der Waals surface area contributed by atoms with E-state index in [0.717, 1.165) is 59.4 Å². The highest BCUT2D eigenvalue weighted by molar-refractivity contribution is 6.31. The molecular formula is C29H34Cl3FN2. The van der Waals surface area contributed by atoms with Crippen LogP contribution < -0.4 is 0 Å². The van der Waals surface area contributed by atoms with E-state index in [1.807, 2.05) is 31.2 Å². The van der Waals surface area contributed by atoms with E-state index in [9.17, 15) is 4.39 Å². The number of aromatic amines is 1. The van der Waals surface area contributed by atoms with Crippen molar-refractivity contribution in [1.29, 1.82) is 0 Å². The van der Waals surface area contributed by atoms with E-state index in [0.29, 0.717) is 5.03 Å². The van der Waals surface area contributed by atoms with Crippen LogP contribution in [0.25, 0.3) is 10.9 Å². The zero-order chi connectivity index (χ0) is 26.0. The van der Waals surface area contributed by atoms with Crippen molar-refractivity contribution < 1.29 is 4.39 Å². The molecule has 6 heteroatoms. The van der Waals surface area contributed by atoms with Crippen LogP contribution in [0.4, 0.5) is 4.39 Å². The van der Waals surface area contributed by atoms with Crippen molar-refractivity contribution in [3.63, 3.8) is 0 Å². The molecule has 0 bridgehead atoms. The summed E-state index contributed by atoms with van der Waals surface area (Å²) in [5.41, 5.74) is 5.47. The van der Waals surface area contributed by atoms with Crippen molar-refractivity contribution in [2.45, 2.75) is 65.7 Å². The Bertz CT molecular complexity index is 1180. The van der Waals surface area contributed by atoms with Gasteiger partial charge in [0.1, 0.15) is 5.82 Å². The Morgan fingerprint density at radius 2 is 1.83 bits per heavy atom. The number of nitrogens with one attached hydrogen (secondary N) is 1. The van der Waals surface area contributed by atoms with E-state index < -0.39 is 5.82 Å². The van der Waals surface area contributed by atoms with E-state index >= 15 is 0 Å². The van der Waals surface area contributed by atoms with Crippen LogP contribution in [0.15, 0.2) is 65.3 Å². The van der Waals surface area contributed by atoms with Crippen LogP contribution >= 0.6 is 34.8 Å². The van der Waals surface area contributed by atoms with Crippen molar-refractivity contribution in [1.82, 2.24) is 4.98 Å². The predicted molar refractivity (Wildman–Crippen MR) is 153 cm³/mol. The summed E-state index contributed by atoms with van der Waals surface area (Å²) in [5.74, 6) is -0.221. The van der Waals surface area contributed by atoms with Crippen LogP contribution in [-0.2, 0) is 6.42 Å². The molecule has 0 amide bonds. The van der Waals surface area contributed by atoms with E-state index in [4.69, 9.17) is 34.8 Å². The average Bonchev–Trinajstić information content (AvgIpc) is 3.15. The Hall–Kier alpha value is -2.07. The molecule has 0 saturated heterocycles. The van der Waals surface area contributed by atoms with Gasteiger partial charge < -0.3 is 4.98 Å². The number of nitrogens with zero attached hydrogens (tertiary/aromatic N) is 1. The summed E-state index contributed by atoms with van der Waals surface area (Å²) < 4.78 is 13.8. The maximum atomic E-state index is 13.8. The van der Waals surface area contributed by atoms with Gasteiger partial charge >= 0.3 is 0 Å². The van der Waals surface area contributed by atoms with Crippen molar-refractivity contribution in [3.05, 3.63) is 93.0 Å². The lowest BCUT2D eigenvalue weighted by atomic mass is 9.92. The van der Waals surface area contributed by atoms with Gasteiger partial charge in [0.15, 0.2) is 0 Å². The quantitative estimate of drug-likeness (QED) is 0.208. The summed E-state index contributed by atoms with van der Waals surface area (Å²) in [7, 11) is 0. The third-order valence-electron chi connectivity index (χ3n) is 5.73. The van der Waals surface area contributed by atoms with Crippen molar-refractivity contribution in [2.24, 2.45) is 4.99 Å². The Labute approximate surface area is 223 Å². The smallest absolute Gasteiger partial charge is 0.143 e. The second kappa shape index (κ2) is 14.5. The molecule has 1 atom stereocenters. The molecule has 0 radical (unpaired) electrons. The fourth-order valence-corrected chi connectivity index (χ4v) is 4.19. The molecule has 1 aromatic heterocycles. The molecule has 1 unspecified atom stereocenters. The van der Waals surface area contributed by atoms with E-state index in [-0.39, 0.29) is 10.9 Å². The molecule has 3 aromatic rings. The number of unbranched alkanes of at least 4 members (excludes halogenated alkanes) is 1. The summed E-state index contributed by atoms with van der Waals surface area (Å²) in [5, 5.41) is 2.43. The molecule has 35 heavy (non-hydrogen) atoms. The summed E-state index contributed by atoms with van der Waals surface area (Å²) in [6, 6.07) is 11.1. The zero-order valence-electron chi connectivity index (χ0n) is 20.9. The molecule has 0 aliphatic carbocycles.